The molecule has 1 rings (SSSR count). The Morgan fingerprint density at radius 3 is 1.17 bits per heavy atom. The molecule has 0 N–H and O–H groups in total. The van der Waals surface area contributed by atoms with Crippen molar-refractivity contribution in [2.45, 2.75) is 27.7 Å². The zero-order valence-electron chi connectivity index (χ0n) is 8.89. The van der Waals surface area contributed by atoms with E-state index in [1.54, 1.807) is 0 Å². The molecule has 0 atom stereocenters. The average molecular weight is 166 g/mol. The predicted octanol–water partition coefficient (Wildman–Crippen LogP) is 2.19. The van der Waals surface area contributed by atoms with Gasteiger partial charge in [-0.3, -0.25) is 9.98 Å². The molecule has 0 aromatic rings. The van der Waals surface area contributed by atoms with Gasteiger partial charge in [-0.1, -0.05) is 0 Å². The molecule has 68 valence electrons. The van der Waals surface area contributed by atoms with E-state index >= 15 is 0 Å². The first-order valence-corrected chi connectivity index (χ1v) is 4.34. The molecule has 1 fully saturated rings. The van der Waals surface area contributed by atoms with Crippen LogP contribution in [0, 0.1) is 10.8 Å². The summed E-state index contributed by atoms with van der Waals surface area (Å²) < 4.78 is 0. The van der Waals surface area contributed by atoms with Gasteiger partial charge in [0.15, 0.2) is 0 Å². The molecule has 0 saturated heterocycles. The number of rotatable bonds is 0. The van der Waals surface area contributed by atoms with Gasteiger partial charge >= 0.3 is 0 Å². The Morgan fingerprint density at radius 1 is 0.750 bits per heavy atom. The van der Waals surface area contributed by atoms with Gasteiger partial charge < -0.3 is 0 Å². The summed E-state index contributed by atoms with van der Waals surface area (Å²) in [6.45, 7) is 8.73. The van der Waals surface area contributed by atoms with E-state index in [-0.39, 0.29) is 10.8 Å². The molecule has 0 bridgehead atoms. The van der Waals surface area contributed by atoms with Crippen molar-refractivity contribution in [1.82, 2.24) is 0 Å². The maximum absolute atomic E-state index is 4.33. The van der Waals surface area contributed by atoms with Gasteiger partial charge in [0.25, 0.3) is 0 Å². The normalized spacial score (nSPS) is 24.8. The molecular weight excluding hydrogens is 148 g/mol. The predicted molar refractivity (Wildman–Crippen MR) is 54.3 cm³/mol. The van der Waals surface area contributed by atoms with Crippen molar-refractivity contribution in [3.05, 3.63) is 0 Å². The number of hydrogen-bond acceptors (Lipinski definition) is 2. The monoisotopic (exact) mass is 166 g/mol. The number of nitrogens with zero attached hydrogens (tertiary/aromatic N) is 2. The molecule has 2 nitrogen and oxygen atoms in total. The third-order valence-corrected chi connectivity index (χ3v) is 2.82. The lowest BCUT2D eigenvalue weighted by Crippen LogP contribution is -2.61. The Kier molecular flexibility index (Phi) is 1.89. The zero-order valence-corrected chi connectivity index (χ0v) is 8.89. The Hall–Kier alpha value is -0.660. The van der Waals surface area contributed by atoms with Crippen LogP contribution < -0.4 is 0 Å². The van der Waals surface area contributed by atoms with Gasteiger partial charge in [0.05, 0.1) is 0 Å². The van der Waals surface area contributed by atoms with Crippen molar-refractivity contribution < 1.29 is 0 Å². The maximum Gasteiger partial charge on any atom is 0.0423 e. The largest absolute Gasteiger partial charge is 0.296 e. The third-order valence-electron chi connectivity index (χ3n) is 2.82. The van der Waals surface area contributed by atoms with E-state index in [4.69, 9.17) is 0 Å². The summed E-state index contributed by atoms with van der Waals surface area (Å²) in [6, 6.07) is 0. The van der Waals surface area contributed by atoms with Crippen molar-refractivity contribution in [1.29, 1.82) is 0 Å². The average Bonchev–Trinajstić information content (AvgIpc) is 1.85. The van der Waals surface area contributed by atoms with E-state index in [1.165, 1.54) is 11.4 Å². The number of aliphatic imine (C=N–C) groups is 2. The molecule has 12 heavy (non-hydrogen) atoms. The second kappa shape index (κ2) is 2.41. The molecule has 0 heterocycles. The van der Waals surface area contributed by atoms with Gasteiger partial charge in [0, 0.05) is 36.3 Å². The van der Waals surface area contributed by atoms with Crippen molar-refractivity contribution in [3.8, 4) is 0 Å². The minimum Gasteiger partial charge on any atom is -0.296 e. The molecule has 0 amide bonds. The highest BCUT2D eigenvalue weighted by Gasteiger charge is 2.55. The van der Waals surface area contributed by atoms with E-state index in [0.29, 0.717) is 0 Å². The van der Waals surface area contributed by atoms with Gasteiger partial charge in [-0.15, -0.1) is 0 Å². The SMILES string of the molecule is CN=C1C(C)(C)C(=NC)C1(C)C. The zero-order chi connectivity index (χ0) is 9.57. The summed E-state index contributed by atoms with van der Waals surface area (Å²) in [6.07, 6.45) is 0. The lowest BCUT2D eigenvalue weighted by atomic mass is 9.52. The summed E-state index contributed by atoms with van der Waals surface area (Å²) in [5, 5.41) is 0. The quantitative estimate of drug-likeness (QED) is 0.527. The van der Waals surface area contributed by atoms with E-state index in [0.717, 1.165) is 0 Å². The van der Waals surface area contributed by atoms with Gasteiger partial charge in [-0.25, -0.2) is 0 Å². The Morgan fingerprint density at radius 2 is 1.00 bits per heavy atom. The first kappa shape index (κ1) is 9.43. The molecule has 0 unspecified atom stereocenters. The topological polar surface area (TPSA) is 24.7 Å². The number of hydrogen-bond donors (Lipinski definition) is 0. The molecule has 0 aliphatic heterocycles. The third kappa shape index (κ3) is 0.869. The van der Waals surface area contributed by atoms with E-state index in [2.05, 4.69) is 37.7 Å². The van der Waals surface area contributed by atoms with Crippen molar-refractivity contribution in [2.75, 3.05) is 14.1 Å². The standard InChI is InChI=1S/C10H18N2/c1-9(2)7(11-5)10(3,4)8(9)12-6/h1-6H3. The highest BCUT2D eigenvalue weighted by atomic mass is 14.9. The van der Waals surface area contributed by atoms with E-state index < -0.39 is 0 Å². The molecule has 0 spiro atoms. The van der Waals surface area contributed by atoms with Crippen LogP contribution in [0.5, 0.6) is 0 Å². The summed E-state index contributed by atoms with van der Waals surface area (Å²) >= 11 is 0. The van der Waals surface area contributed by atoms with Gasteiger partial charge in [-0.2, -0.15) is 0 Å². The molecule has 0 aromatic heterocycles. The van der Waals surface area contributed by atoms with E-state index in [9.17, 15) is 0 Å². The molecule has 1 aliphatic carbocycles. The molecule has 0 radical (unpaired) electrons. The summed E-state index contributed by atoms with van der Waals surface area (Å²) in [5.41, 5.74) is 2.70. The first-order chi connectivity index (χ1) is 5.39. The fourth-order valence-electron chi connectivity index (χ4n) is 2.84. The minimum absolute atomic E-state index is 0.0903. The smallest absolute Gasteiger partial charge is 0.0423 e. The summed E-state index contributed by atoms with van der Waals surface area (Å²) in [4.78, 5) is 8.67. The van der Waals surface area contributed by atoms with Crippen molar-refractivity contribution in [3.63, 3.8) is 0 Å². The molecular formula is C10H18N2. The van der Waals surface area contributed by atoms with Crippen LogP contribution in [0.3, 0.4) is 0 Å². The van der Waals surface area contributed by atoms with Crippen LogP contribution in [-0.4, -0.2) is 25.5 Å². The van der Waals surface area contributed by atoms with Crippen molar-refractivity contribution >= 4 is 11.4 Å². The fourth-order valence-corrected chi connectivity index (χ4v) is 2.84. The second-order valence-electron chi connectivity index (χ2n) is 4.39. The van der Waals surface area contributed by atoms with Crippen LogP contribution in [0.15, 0.2) is 9.98 Å². The summed E-state index contributed by atoms with van der Waals surface area (Å²) in [5.74, 6) is 0. The summed E-state index contributed by atoms with van der Waals surface area (Å²) in [7, 11) is 3.73. The van der Waals surface area contributed by atoms with E-state index in [1.807, 2.05) is 14.1 Å². The Labute approximate surface area is 74.8 Å². The van der Waals surface area contributed by atoms with Crippen LogP contribution in [-0.2, 0) is 0 Å². The fraction of sp³-hybridized carbons (Fsp3) is 0.800. The second-order valence-corrected chi connectivity index (χ2v) is 4.39. The molecule has 1 aliphatic rings. The molecule has 0 aromatic carbocycles. The lowest BCUT2D eigenvalue weighted by Gasteiger charge is -2.52. The highest BCUT2D eigenvalue weighted by Crippen LogP contribution is 2.47. The maximum atomic E-state index is 4.33. The van der Waals surface area contributed by atoms with Crippen LogP contribution >= 0.6 is 0 Å². The Bertz CT molecular complexity index is 213. The van der Waals surface area contributed by atoms with Crippen LogP contribution in [0.2, 0.25) is 0 Å². The van der Waals surface area contributed by atoms with Crippen molar-refractivity contribution in [2.24, 2.45) is 20.8 Å². The van der Waals surface area contributed by atoms with Gasteiger partial charge in [-0.05, 0) is 27.7 Å². The Balaban J connectivity index is 3.15. The van der Waals surface area contributed by atoms with Crippen LogP contribution in [0.4, 0.5) is 0 Å². The lowest BCUT2D eigenvalue weighted by molar-refractivity contribution is 0.488. The molecule has 1 saturated carbocycles. The van der Waals surface area contributed by atoms with Crippen LogP contribution in [0.25, 0.3) is 0 Å². The van der Waals surface area contributed by atoms with Gasteiger partial charge in [0.1, 0.15) is 0 Å². The van der Waals surface area contributed by atoms with Gasteiger partial charge in [0.2, 0.25) is 0 Å². The highest BCUT2D eigenvalue weighted by molar-refractivity contribution is 6.33. The first-order valence-electron chi connectivity index (χ1n) is 4.34. The minimum atomic E-state index is 0.0903. The van der Waals surface area contributed by atoms with Crippen LogP contribution in [0.1, 0.15) is 27.7 Å². The molecule has 2 heteroatoms.